The van der Waals surface area contributed by atoms with Gasteiger partial charge >= 0.3 is 6.18 Å². The smallest absolute Gasteiger partial charge is 0.416 e. The van der Waals surface area contributed by atoms with Crippen molar-refractivity contribution in [1.82, 2.24) is 0 Å². The number of rotatable bonds is 3. The van der Waals surface area contributed by atoms with Crippen molar-refractivity contribution in [1.29, 1.82) is 0 Å². The summed E-state index contributed by atoms with van der Waals surface area (Å²) in [7, 11) is 0. The van der Waals surface area contributed by atoms with E-state index in [1.807, 2.05) is 0 Å². The molecule has 0 saturated heterocycles. The number of hydrogen-bond acceptors (Lipinski definition) is 3. The highest BCUT2D eigenvalue weighted by molar-refractivity contribution is 6.33. The third-order valence-electron chi connectivity index (χ3n) is 3.94. The molecule has 0 bridgehead atoms. The van der Waals surface area contributed by atoms with Crippen LogP contribution in [0.3, 0.4) is 0 Å². The second-order valence-electron chi connectivity index (χ2n) is 5.89. The fraction of sp³-hybridized carbons (Fsp3) is 0.222. The lowest BCUT2D eigenvalue weighted by Crippen LogP contribution is -2.47. The monoisotopic (exact) mass is 398 g/mol. The van der Waals surface area contributed by atoms with Gasteiger partial charge in [-0.05, 0) is 37.3 Å². The van der Waals surface area contributed by atoms with Crippen LogP contribution in [0.5, 0.6) is 5.75 Å². The molecular formula is C18H14ClF3N2O3. The molecule has 3 rings (SSSR count). The first-order valence-corrected chi connectivity index (χ1v) is 8.28. The van der Waals surface area contributed by atoms with E-state index >= 15 is 0 Å². The molecule has 0 aromatic heterocycles. The number of fused-ring (bicyclic) bond motifs is 1. The molecule has 1 atom stereocenters. The molecule has 27 heavy (non-hydrogen) atoms. The number of carbonyl (C=O) groups is 2. The van der Waals surface area contributed by atoms with Gasteiger partial charge in [0, 0.05) is 0 Å². The molecule has 1 unspecified atom stereocenters. The van der Waals surface area contributed by atoms with Crippen molar-refractivity contribution in [3.8, 4) is 5.75 Å². The Kier molecular flexibility index (Phi) is 5.01. The van der Waals surface area contributed by atoms with Crippen molar-refractivity contribution in [2.75, 3.05) is 16.8 Å². The van der Waals surface area contributed by atoms with Crippen LogP contribution in [0.15, 0.2) is 42.5 Å². The standard InChI is InChI=1S/C18H14ClF3N2O3/c1-10-17(26)24(14-4-2-3-5-15(14)27-10)9-16(25)23-13-8-11(18(20,21)22)6-7-12(13)19/h2-8,10H,9H2,1H3,(H,23,25). The Balaban J connectivity index is 1.81. The maximum atomic E-state index is 12.8. The molecule has 0 spiro atoms. The zero-order valence-corrected chi connectivity index (χ0v) is 14.8. The first kappa shape index (κ1) is 19.0. The molecule has 0 saturated carbocycles. The number of hydrogen-bond donors (Lipinski definition) is 1. The molecule has 2 aromatic rings. The van der Waals surface area contributed by atoms with Crippen LogP contribution in [0.1, 0.15) is 12.5 Å². The second kappa shape index (κ2) is 7.11. The number of nitrogens with one attached hydrogen (secondary N) is 1. The number of halogens is 4. The van der Waals surface area contributed by atoms with Crippen LogP contribution in [0.25, 0.3) is 0 Å². The van der Waals surface area contributed by atoms with Gasteiger partial charge in [0.25, 0.3) is 5.91 Å². The van der Waals surface area contributed by atoms with Crippen LogP contribution in [0.4, 0.5) is 24.5 Å². The highest BCUT2D eigenvalue weighted by atomic mass is 35.5. The summed E-state index contributed by atoms with van der Waals surface area (Å²) in [6.07, 6.45) is -5.36. The molecule has 5 nitrogen and oxygen atoms in total. The fourth-order valence-electron chi connectivity index (χ4n) is 2.65. The first-order chi connectivity index (χ1) is 12.7. The van der Waals surface area contributed by atoms with E-state index < -0.39 is 36.2 Å². The Bertz CT molecular complexity index is 902. The van der Waals surface area contributed by atoms with Gasteiger partial charge in [-0.15, -0.1) is 0 Å². The summed E-state index contributed by atoms with van der Waals surface area (Å²) in [4.78, 5) is 26.0. The van der Waals surface area contributed by atoms with Gasteiger partial charge in [0.2, 0.25) is 5.91 Å². The number of amides is 2. The van der Waals surface area contributed by atoms with E-state index in [4.69, 9.17) is 16.3 Å². The summed E-state index contributed by atoms with van der Waals surface area (Å²) >= 11 is 5.88. The lowest BCUT2D eigenvalue weighted by atomic mass is 10.1. The topological polar surface area (TPSA) is 58.6 Å². The summed E-state index contributed by atoms with van der Waals surface area (Å²) in [6.45, 7) is 1.16. The Morgan fingerprint density at radius 3 is 2.67 bits per heavy atom. The van der Waals surface area contributed by atoms with Gasteiger partial charge in [0.05, 0.1) is 22.0 Å². The van der Waals surface area contributed by atoms with Gasteiger partial charge < -0.3 is 10.1 Å². The maximum Gasteiger partial charge on any atom is 0.416 e. The number of benzene rings is 2. The van der Waals surface area contributed by atoms with Crippen LogP contribution >= 0.6 is 11.6 Å². The van der Waals surface area contributed by atoms with Crippen LogP contribution in [0.2, 0.25) is 5.02 Å². The molecule has 1 heterocycles. The molecular weight excluding hydrogens is 385 g/mol. The lowest BCUT2D eigenvalue weighted by Gasteiger charge is -2.32. The van der Waals surface area contributed by atoms with E-state index in [-0.39, 0.29) is 10.7 Å². The lowest BCUT2D eigenvalue weighted by molar-refractivity contribution is -0.137. The highest BCUT2D eigenvalue weighted by Crippen LogP contribution is 2.35. The number of carbonyl (C=O) groups excluding carboxylic acids is 2. The van der Waals surface area contributed by atoms with Crippen LogP contribution < -0.4 is 15.0 Å². The summed E-state index contributed by atoms with van der Waals surface area (Å²) in [5, 5.41) is 2.29. The summed E-state index contributed by atoms with van der Waals surface area (Å²) < 4.78 is 44.0. The second-order valence-corrected chi connectivity index (χ2v) is 6.30. The average Bonchev–Trinajstić information content (AvgIpc) is 2.60. The normalized spacial score (nSPS) is 16.6. The van der Waals surface area contributed by atoms with E-state index in [9.17, 15) is 22.8 Å². The SMILES string of the molecule is CC1Oc2ccccc2N(CC(=O)Nc2cc(C(F)(F)F)ccc2Cl)C1=O. The third kappa shape index (κ3) is 4.00. The summed E-state index contributed by atoms with van der Waals surface area (Å²) in [6, 6.07) is 9.30. The molecule has 0 radical (unpaired) electrons. The maximum absolute atomic E-state index is 12.8. The number of para-hydroxylation sites is 2. The van der Waals surface area contributed by atoms with Crippen molar-refractivity contribution in [3.63, 3.8) is 0 Å². The molecule has 2 aromatic carbocycles. The van der Waals surface area contributed by atoms with Crippen molar-refractivity contribution in [2.45, 2.75) is 19.2 Å². The van der Waals surface area contributed by atoms with Gasteiger partial charge in [-0.3, -0.25) is 14.5 Å². The Labute approximate surface area is 157 Å². The molecule has 0 aliphatic carbocycles. The first-order valence-electron chi connectivity index (χ1n) is 7.90. The number of nitrogens with zero attached hydrogens (tertiary/aromatic N) is 1. The molecule has 1 aliphatic heterocycles. The molecule has 1 aliphatic rings. The predicted octanol–water partition coefficient (Wildman–Crippen LogP) is 4.11. The predicted molar refractivity (Wildman–Crippen MR) is 94.0 cm³/mol. The minimum absolute atomic E-state index is 0.0431. The molecule has 2 amide bonds. The zero-order valence-electron chi connectivity index (χ0n) is 14.0. The Morgan fingerprint density at radius 2 is 1.96 bits per heavy atom. The minimum Gasteiger partial charge on any atom is -0.479 e. The highest BCUT2D eigenvalue weighted by Gasteiger charge is 2.33. The fourth-order valence-corrected chi connectivity index (χ4v) is 2.82. The summed E-state index contributed by atoms with van der Waals surface area (Å²) in [5.74, 6) is -0.679. The van der Waals surface area contributed by atoms with Crippen molar-refractivity contribution < 1.29 is 27.5 Å². The van der Waals surface area contributed by atoms with Crippen molar-refractivity contribution in [3.05, 3.63) is 53.1 Å². The van der Waals surface area contributed by atoms with Crippen LogP contribution in [-0.2, 0) is 15.8 Å². The Morgan fingerprint density at radius 1 is 1.26 bits per heavy atom. The van der Waals surface area contributed by atoms with E-state index in [1.165, 1.54) is 4.90 Å². The number of ether oxygens (including phenoxy) is 1. The number of alkyl halides is 3. The molecule has 0 fully saturated rings. The van der Waals surface area contributed by atoms with E-state index in [0.29, 0.717) is 11.4 Å². The molecule has 142 valence electrons. The minimum atomic E-state index is -4.57. The van der Waals surface area contributed by atoms with Crippen molar-refractivity contribution in [2.24, 2.45) is 0 Å². The average molecular weight is 399 g/mol. The van der Waals surface area contributed by atoms with Gasteiger partial charge in [-0.25, -0.2) is 0 Å². The largest absolute Gasteiger partial charge is 0.479 e. The zero-order chi connectivity index (χ0) is 19.8. The Hall–Kier alpha value is -2.74. The van der Waals surface area contributed by atoms with Gasteiger partial charge in [-0.1, -0.05) is 23.7 Å². The van der Waals surface area contributed by atoms with Crippen molar-refractivity contribution >= 4 is 34.8 Å². The van der Waals surface area contributed by atoms with Crippen LogP contribution in [-0.4, -0.2) is 24.5 Å². The van der Waals surface area contributed by atoms with E-state index in [0.717, 1.165) is 18.2 Å². The quantitative estimate of drug-likeness (QED) is 0.846. The van der Waals surface area contributed by atoms with Gasteiger partial charge in [0.1, 0.15) is 12.3 Å². The number of anilines is 2. The van der Waals surface area contributed by atoms with E-state index in [1.54, 1.807) is 31.2 Å². The summed E-state index contributed by atoms with van der Waals surface area (Å²) in [5.41, 5.74) is -0.715. The van der Waals surface area contributed by atoms with Gasteiger partial charge in [0.15, 0.2) is 6.10 Å². The van der Waals surface area contributed by atoms with Crippen LogP contribution in [0, 0.1) is 0 Å². The molecule has 9 heteroatoms. The van der Waals surface area contributed by atoms with E-state index in [2.05, 4.69) is 5.32 Å². The molecule has 1 N–H and O–H groups in total. The van der Waals surface area contributed by atoms with Gasteiger partial charge in [-0.2, -0.15) is 13.2 Å². The third-order valence-corrected chi connectivity index (χ3v) is 4.27.